The lowest BCUT2D eigenvalue weighted by molar-refractivity contribution is 0.0923. The SMILES string of the molecule is COc1cccc(/C=C\c2nc3n(n2)C(=O)CS3)c1. The first kappa shape index (κ1) is 12.0. The molecule has 0 saturated heterocycles. The summed E-state index contributed by atoms with van der Waals surface area (Å²) in [5.41, 5.74) is 0.994. The monoisotopic (exact) mass is 273 g/mol. The molecular weight excluding hydrogens is 262 g/mol. The zero-order valence-electron chi connectivity index (χ0n) is 10.2. The maximum atomic E-state index is 11.4. The van der Waals surface area contributed by atoms with Crippen LogP contribution < -0.4 is 4.74 Å². The molecule has 1 aromatic carbocycles. The number of ether oxygens (including phenoxy) is 1. The van der Waals surface area contributed by atoms with Crippen molar-refractivity contribution in [2.24, 2.45) is 0 Å². The van der Waals surface area contributed by atoms with Gasteiger partial charge in [-0.05, 0) is 23.8 Å². The first-order valence-electron chi connectivity index (χ1n) is 5.71. The van der Waals surface area contributed by atoms with Crippen molar-refractivity contribution in [1.29, 1.82) is 0 Å². The lowest BCUT2D eigenvalue weighted by Crippen LogP contribution is -2.08. The van der Waals surface area contributed by atoms with Crippen molar-refractivity contribution in [3.63, 3.8) is 0 Å². The fourth-order valence-corrected chi connectivity index (χ4v) is 2.54. The molecule has 1 aliphatic heterocycles. The van der Waals surface area contributed by atoms with Gasteiger partial charge in [0.05, 0.1) is 12.9 Å². The average Bonchev–Trinajstić information content (AvgIpc) is 2.99. The molecule has 19 heavy (non-hydrogen) atoms. The molecule has 0 spiro atoms. The van der Waals surface area contributed by atoms with Crippen LogP contribution in [0.3, 0.4) is 0 Å². The van der Waals surface area contributed by atoms with E-state index in [2.05, 4.69) is 10.1 Å². The van der Waals surface area contributed by atoms with E-state index < -0.39 is 0 Å². The number of nitrogens with zero attached hydrogens (tertiary/aromatic N) is 3. The quantitative estimate of drug-likeness (QED) is 0.858. The van der Waals surface area contributed by atoms with Crippen molar-refractivity contribution in [2.75, 3.05) is 12.9 Å². The number of thioether (sulfide) groups is 1. The number of benzene rings is 1. The molecule has 0 aliphatic carbocycles. The van der Waals surface area contributed by atoms with Gasteiger partial charge in [-0.1, -0.05) is 30.0 Å². The highest BCUT2D eigenvalue weighted by molar-refractivity contribution is 8.00. The van der Waals surface area contributed by atoms with Gasteiger partial charge in [0.2, 0.25) is 0 Å². The van der Waals surface area contributed by atoms with Gasteiger partial charge in [-0.15, -0.1) is 5.10 Å². The maximum Gasteiger partial charge on any atom is 0.259 e. The second-order valence-electron chi connectivity index (χ2n) is 3.96. The summed E-state index contributed by atoms with van der Waals surface area (Å²) in [6, 6.07) is 7.68. The Bertz CT molecular complexity index is 664. The smallest absolute Gasteiger partial charge is 0.259 e. The molecule has 96 valence electrons. The first-order valence-corrected chi connectivity index (χ1v) is 6.70. The Morgan fingerprint density at radius 3 is 3.11 bits per heavy atom. The summed E-state index contributed by atoms with van der Waals surface area (Å²) in [6.45, 7) is 0. The van der Waals surface area contributed by atoms with Crippen LogP contribution in [0.2, 0.25) is 0 Å². The molecule has 2 heterocycles. The molecular formula is C13H11N3O2S. The van der Waals surface area contributed by atoms with Crippen LogP contribution >= 0.6 is 11.8 Å². The predicted molar refractivity (Wildman–Crippen MR) is 73.3 cm³/mol. The minimum atomic E-state index is -0.0199. The van der Waals surface area contributed by atoms with E-state index in [1.807, 2.05) is 30.3 Å². The van der Waals surface area contributed by atoms with E-state index in [1.54, 1.807) is 13.2 Å². The Kier molecular flexibility index (Phi) is 3.08. The van der Waals surface area contributed by atoms with Gasteiger partial charge in [-0.3, -0.25) is 4.79 Å². The Balaban J connectivity index is 1.82. The molecule has 0 saturated carbocycles. The van der Waals surface area contributed by atoms with E-state index in [9.17, 15) is 4.79 Å². The minimum Gasteiger partial charge on any atom is -0.497 e. The molecule has 0 N–H and O–H groups in total. The lowest BCUT2D eigenvalue weighted by Gasteiger charge is -1.99. The number of hydrogen-bond donors (Lipinski definition) is 0. The van der Waals surface area contributed by atoms with Crippen LogP contribution in [0.25, 0.3) is 12.2 Å². The number of carbonyl (C=O) groups is 1. The third kappa shape index (κ3) is 2.39. The zero-order chi connectivity index (χ0) is 13.2. The number of carbonyl (C=O) groups excluding carboxylic acids is 1. The maximum absolute atomic E-state index is 11.4. The minimum absolute atomic E-state index is 0.0199. The molecule has 0 bridgehead atoms. The molecule has 0 fully saturated rings. The van der Waals surface area contributed by atoms with Crippen LogP contribution in [0, 0.1) is 0 Å². The zero-order valence-corrected chi connectivity index (χ0v) is 11.1. The average molecular weight is 273 g/mol. The van der Waals surface area contributed by atoms with Crippen LogP contribution in [0.15, 0.2) is 29.4 Å². The third-order valence-corrected chi connectivity index (χ3v) is 3.59. The summed E-state index contributed by atoms with van der Waals surface area (Å²) >= 11 is 1.41. The summed E-state index contributed by atoms with van der Waals surface area (Å²) in [7, 11) is 1.63. The first-order chi connectivity index (χ1) is 9.26. The third-order valence-electron chi connectivity index (χ3n) is 2.67. The summed E-state index contributed by atoms with van der Waals surface area (Å²) in [4.78, 5) is 15.7. The molecule has 0 atom stereocenters. The van der Waals surface area contributed by atoms with E-state index in [0.717, 1.165) is 11.3 Å². The van der Waals surface area contributed by atoms with Gasteiger partial charge in [-0.25, -0.2) is 4.98 Å². The number of rotatable bonds is 3. The highest BCUT2D eigenvalue weighted by Gasteiger charge is 2.22. The van der Waals surface area contributed by atoms with Gasteiger partial charge in [0.15, 0.2) is 11.0 Å². The number of aromatic nitrogens is 3. The van der Waals surface area contributed by atoms with Gasteiger partial charge in [0.25, 0.3) is 5.91 Å². The Labute approximate surface area is 114 Å². The number of fused-ring (bicyclic) bond motifs is 1. The summed E-state index contributed by atoms with van der Waals surface area (Å²) in [5, 5.41) is 4.81. The molecule has 0 radical (unpaired) electrons. The fraction of sp³-hybridized carbons (Fsp3) is 0.154. The molecule has 5 nitrogen and oxygen atoms in total. The van der Waals surface area contributed by atoms with Crippen LogP contribution in [0.4, 0.5) is 0 Å². The van der Waals surface area contributed by atoms with Gasteiger partial charge < -0.3 is 4.74 Å². The van der Waals surface area contributed by atoms with Gasteiger partial charge >= 0.3 is 0 Å². The van der Waals surface area contributed by atoms with Gasteiger partial charge in [-0.2, -0.15) is 4.68 Å². The van der Waals surface area contributed by atoms with Crippen LogP contribution in [-0.2, 0) is 0 Å². The Morgan fingerprint density at radius 2 is 2.32 bits per heavy atom. The molecule has 3 rings (SSSR count). The van der Waals surface area contributed by atoms with E-state index >= 15 is 0 Å². The molecule has 1 aromatic heterocycles. The summed E-state index contributed by atoms with van der Waals surface area (Å²) in [6.07, 6.45) is 3.68. The second kappa shape index (κ2) is 4.89. The summed E-state index contributed by atoms with van der Waals surface area (Å²) < 4.78 is 6.51. The van der Waals surface area contributed by atoms with Crippen molar-refractivity contribution >= 4 is 29.8 Å². The molecule has 2 aromatic rings. The van der Waals surface area contributed by atoms with Crippen molar-refractivity contribution in [3.8, 4) is 5.75 Å². The van der Waals surface area contributed by atoms with Crippen molar-refractivity contribution in [2.45, 2.75) is 5.16 Å². The molecule has 6 heteroatoms. The van der Waals surface area contributed by atoms with E-state index in [4.69, 9.17) is 4.74 Å². The Hall–Kier alpha value is -2.08. The number of methoxy groups -OCH3 is 1. The Morgan fingerprint density at radius 1 is 1.42 bits per heavy atom. The van der Waals surface area contributed by atoms with E-state index in [0.29, 0.717) is 16.7 Å². The van der Waals surface area contributed by atoms with Gasteiger partial charge in [0.1, 0.15) is 5.75 Å². The van der Waals surface area contributed by atoms with E-state index in [-0.39, 0.29) is 5.91 Å². The lowest BCUT2D eigenvalue weighted by atomic mass is 10.2. The topological polar surface area (TPSA) is 57.0 Å². The second-order valence-corrected chi connectivity index (χ2v) is 4.90. The van der Waals surface area contributed by atoms with Crippen molar-refractivity contribution in [3.05, 3.63) is 35.7 Å². The molecule has 1 aliphatic rings. The van der Waals surface area contributed by atoms with E-state index in [1.165, 1.54) is 16.4 Å². The number of hydrogen-bond acceptors (Lipinski definition) is 5. The van der Waals surface area contributed by atoms with Gasteiger partial charge in [0, 0.05) is 0 Å². The normalized spacial score (nSPS) is 14.1. The standard InChI is InChI=1S/C13H11N3O2S/c1-18-10-4-2-3-9(7-10)5-6-11-14-13-16(15-11)12(17)8-19-13/h2-7H,8H2,1H3/b6-5-. The van der Waals surface area contributed by atoms with Crippen molar-refractivity contribution < 1.29 is 9.53 Å². The summed E-state index contributed by atoms with van der Waals surface area (Å²) in [5.74, 6) is 1.75. The van der Waals surface area contributed by atoms with Crippen LogP contribution in [0.1, 0.15) is 16.2 Å². The van der Waals surface area contributed by atoms with Crippen LogP contribution in [-0.4, -0.2) is 33.5 Å². The predicted octanol–water partition coefficient (Wildman–Crippen LogP) is 2.20. The molecule has 0 amide bonds. The molecule has 0 unspecified atom stereocenters. The van der Waals surface area contributed by atoms with Crippen LogP contribution in [0.5, 0.6) is 5.75 Å². The highest BCUT2D eigenvalue weighted by Crippen LogP contribution is 2.23. The highest BCUT2D eigenvalue weighted by atomic mass is 32.2. The largest absolute Gasteiger partial charge is 0.497 e. The van der Waals surface area contributed by atoms with Crippen molar-refractivity contribution in [1.82, 2.24) is 14.8 Å². The fourth-order valence-electron chi connectivity index (χ4n) is 1.74.